The normalized spacial score (nSPS) is 19.7. The summed E-state index contributed by atoms with van der Waals surface area (Å²) in [5, 5.41) is 0. The van der Waals surface area contributed by atoms with Crippen molar-refractivity contribution in [3.63, 3.8) is 0 Å². The molecule has 82 valence electrons. The molecule has 1 aromatic carbocycles. The Balaban J connectivity index is 2.29. The number of benzene rings is 1. The van der Waals surface area contributed by atoms with Gasteiger partial charge in [0.25, 0.3) is 0 Å². The van der Waals surface area contributed by atoms with Crippen molar-refractivity contribution in [2.45, 2.75) is 32.1 Å². The van der Waals surface area contributed by atoms with Crippen LogP contribution in [0.25, 0.3) is 0 Å². The number of hydrogen-bond acceptors (Lipinski definition) is 2. The monoisotopic (exact) mass is 206 g/mol. The van der Waals surface area contributed by atoms with Crippen molar-refractivity contribution in [2.75, 3.05) is 13.9 Å². The Kier molecular flexibility index (Phi) is 3.27. The van der Waals surface area contributed by atoms with Crippen LogP contribution in [0.1, 0.15) is 36.8 Å². The smallest absolute Gasteiger partial charge is 0.188 e. The van der Waals surface area contributed by atoms with Gasteiger partial charge in [-0.2, -0.15) is 0 Å². The van der Waals surface area contributed by atoms with E-state index in [2.05, 4.69) is 19.1 Å². The summed E-state index contributed by atoms with van der Waals surface area (Å²) >= 11 is 0. The Morgan fingerprint density at radius 3 is 3.07 bits per heavy atom. The highest BCUT2D eigenvalue weighted by atomic mass is 16.7. The van der Waals surface area contributed by atoms with E-state index in [1.807, 2.05) is 6.07 Å². The minimum absolute atomic E-state index is 0.336. The molecule has 1 atom stereocenters. The minimum Gasteiger partial charge on any atom is -0.467 e. The Hall–Kier alpha value is -1.02. The summed E-state index contributed by atoms with van der Waals surface area (Å²) in [6.45, 7) is 2.61. The number of rotatable bonds is 3. The molecule has 2 nitrogen and oxygen atoms in total. The van der Waals surface area contributed by atoms with Gasteiger partial charge in [0.1, 0.15) is 5.75 Å². The summed E-state index contributed by atoms with van der Waals surface area (Å²) in [7, 11) is 1.65. The molecule has 2 heteroatoms. The molecule has 0 heterocycles. The summed E-state index contributed by atoms with van der Waals surface area (Å²) in [5.74, 6) is 1.61. The van der Waals surface area contributed by atoms with E-state index in [-0.39, 0.29) is 0 Å². The van der Waals surface area contributed by atoms with Gasteiger partial charge in [-0.05, 0) is 36.8 Å². The second-order valence-corrected chi connectivity index (χ2v) is 4.17. The highest BCUT2D eigenvalue weighted by Gasteiger charge is 2.20. The number of fused-ring (bicyclic) bond motifs is 1. The van der Waals surface area contributed by atoms with E-state index in [0.717, 1.165) is 5.75 Å². The van der Waals surface area contributed by atoms with Gasteiger partial charge >= 0.3 is 0 Å². The molecule has 0 amide bonds. The molecular weight excluding hydrogens is 188 g/mol. The molecule has 0 aliphatic heterocycles. The number of aryl methyl sites for hydroxylation is 1. The van der Waals surface area contributed by atoms with Crippen LogP contribution in [0, 0.1) is 0 Å². The molecule has 0 saturated heterocycles. The largest absolute Gasteiger partial charge is 0.467 e. The van der Waals surface area contributed by atoms with Crippen molar-refractivity contribution < 1.29 is 9.47 Å². The summed E-state index contributed by atoms with van der Waals surface area (Å²) < 4.78 is 10.6. The lowest BCUT2D eigenvalue weighted by Gasteiger charge is -2.24. The SMILES string of the molecule is COCOc1cccc2c1C(C)CCC2. The van der Waals surface area contributed by atoms with Crippen molar-refractivity contribution >= 4 is 0 Å². The van der Waals surface area contributed by atoms with Gasteiger partial charge in [-0.25, -0.2) is 0 Å². The lowest BCUT2D eigenvalue weighted by molar-refractivity contribution is 0.0500. The van der Waals surface area contributed by atoms with Gasteiger partial charge in [-0.3, -0.25) is 0 Å². The first-order valence-corrected chi connectivity index (χ1v) is 5.56. The van der Waals surface area contributed by atoms with Crippen LogP contribution >= 0.6 is 0 Å². The summed E-state index contributed by atoms with van der Waals surface area (Å²) in [6.07, 6.45) is 3.74. The van der Waals surface area contributed by atoms with Gasteiger partial charge in [0.05, 0.1) is 0 Å². The van der Waals surface area contributed by atoms with Crippen LogP contribution in [0.4, 0.5) is 0 Å². The zero-order valence-corrected chi connectivity index (χ0v) is 9.45. The summed E-state index contributed by atoms with van der Waals surface area (Å²) in [6, 6.07) is 6.33. The average Bonchev–Trinajstić information content (AvgIpc) is 2.26. The van der Waals surface area contributed by atoms with Gasteiger partial charge in [-0.15, -0.1) is 0 Å². The van der Waals surface area contributed by atoms with Crippen molar-refractivity contribution in [2.24, 2.45) is 0 Å². The third-order valence-electron chi connectivity index (χ3n) is 3.06. The molecule has 0 spiro atoms. The highest BCUT2D eigenvalue weighted by molar-refractivity contribution is 5.44. The Morgan fingerprint density at radius 1 is 1.40 bits per heavy atom. The first-order valence-electron chi connectivity index (χ1n) is 5.56. The predicted molar refractivity (Wildman–Crippen MR) is 60.3 cm³/mol. The number of hydrogen-bond donors (Lipinski definition) is 0. The van der Waals surface area contributed by atoms with Crippen molar-refractivity contribution in [1.29, 1.82) is 0 Å². The maximum absolute atomic E-state index is 5.60. The van der Waals surface area contributed by atoms with E-state index >= 15 is 0 Å². The molecule has 1 aliphatic rings. The fourth-order valence-corrected chi connectivity index (χ4v) is 2.36. The zero-order chi connectivity index (χ0) is 10.7. The maximum atomic E-state index is 5.60. The highest BCUT2D eigenvalue weighted by Crippen LogP contribution is 2.37. The van der Waals surface area contributed by atoms with Crippen LogP contribution in [0.3, 0.4) is 0 Å². The first kappa shape index (κ1) is 10.5. The molecule has 1 aromatic rings. The van der Waals surface area contributed by atoms with Crippen molar-refractivity contribution in [3.05, 3.63) is 29.3 Å². The van der Waals surface area contributed by atoms with Gasteiger partial charge in [0.15, 0.2) is 6.79 Å². The molecule has 0 aromatic heterocycles. The van der Waals surface area contributed by atoms with Gasteiger partial charge in [-0.1, -0.05) is 19.1 Å². The fourth-order valence-electron chi connectivity index (χ4n) is 2.36. The predicted octanol–water partition coefficient (Wildman–Crippen LogP) is 3.11. The van der Waals surface area contributed by atoms with Crippen LogP contribution in [-0.2, 0) is 11.2 Å². The zero-order valence-electron chi connectivity index (χ0n) is 9.45. The maximum Gasteiger partial charge on any atom is 0.188 e. The lowest BCUT2D eigenvalue weighted by Crippen LogP contribution is -2.10. The third kappa shape index (κ3) is 2.15. The van der Waals surface area contributed by atoms with Gasteiger partial charge in [0.2, 0.25) is 0 Å². The van der Waals surface area contributed by atoms with Crippen LogP contribution in [-0.4, -0.2) is 13.9 Å². The molecule has 15 heavy (non-hydrogen) atoms. The van der Waals surface area contributed by atoms with Crippen LogP contribution in [0.5, 0.6) is 5.75 Å². The number of ether oxygens (including phenoxy) is 2. The second kappa shape index (κ2) is 4.67. The van der Waals surface area contributed by atoms with Crippen molar-refractivity contribution in [3.8, 4) is 5.75 Å². The molecule has 0 N–H and O–H groups in total. The van der Waals surface area contributed by atoms with E-state index in [0.29, 0.717) is 12.7 Å². The standard InChI is InChI=1S/C13H18O2/c1-10-5-3-6-11-7-4-8-12(13(10)11)15-9-14-2/h4,7-8,10H,3,5-6,9H2,1-2H3. The molecule has 0 bridgehead atoms. The molecule has 0 fully saturated rings. The quantitative estimate of drug-likeness (QED) is 0.707. The van der Waals surface area contributed by atoms with Gasteiger partial charge in [0, 0.05) is 12.7 Å². The van der Waals surface area contributed by atoms with E-state index in [1.54, 1.807) is 7.11 Å². The molecular formula is C13H18O2. The van der Waals surface area contributed by atoms with Gasteiger partial charge < -0.3 is 9.47 Å². The lowest BCUT2D eigenvalue weighted by atomic mass is 9.83. The summed E-state index contributed by atoms with van der Waals surface area (Å²) in [4.78, 5) is 0. The van der Waals surface area contributed by atoms with Crippen LogP contribution in [0.2, 0.25) is 0 Å². The molecule has 0 saturated carbocycles. The average molecular weight is 206 g/mol. The minimum atomic E-state index is 0.336. The molecule has 1 aliphatic carbocycles. The Morgan fingerprint density at radius 2 is 2.27 bits per heavy atom. The van der Waals surface area contributed by atoms with Crippen molar-refractivity contribution in [1.82, 2.24) is 0 Å². The third-order valence-corrected chi connectivity index (χ3v) is 3.06. The molecule has 2 rings (SSSR count). The van der Waals surface area contributed by atoms with E-state index in [4.69, 9.17) is 9.47 Å². The van der Waals surface area contributed by atoms with Crippen LogP contribution in [0.15, 0.2) is 18.2 Å². The molecule has 0 radical (unpaired) electrons. The topological polar surface area (TPSA) is 18.5 Å². The van der Waals surface area contributed by atoms with E-state index in [1.165, 1.54) is 30.4 Å². The second-order valence-electron chi connectivity index (χ2n) is 4.17. The molecule has 1 unspecified atom stereocenters. The number of methoxy groups -OCH3 is 1. The fraction of sp³-hybridized carbons (Fsp3) is 0.538. The van der Waals surface area contributed by atoms with Crippen LogP contribution < -0.4 is 4.74 Å². The summed E-state index contributed by atoms with van der Waals surface area (Å²) in [5.41, 5.74) is 2.84. The first-order chi connectivity index (χ1) is 7.33. The van der Waals surface area contributed by atoms with E-state index in [9.17, 15) is 0 Å². The Labute approximate surface area is 91.2 Å². The van der Waals surface area contributed by atoms with E-state index < -0.39 is 0 Å². The Bertz CT molecular complexity index is 333.